The maximum Gasteiger partial charge on any atom is 0.211 e. The van der Waals surface area contributed by atoms with Gasteiger partial charge < -0.3 is 5.32 Å². The van der Waals surface area contributed by atoms with Gasteiger partial charge in [0, 0.05) is 19.1 Å². The lowest BCUT2D eigenvalue weighted by Gasteiger charge is -2.19. The molecule has 0 aliphatic heterocycles. The van der Waals surface area contributed by atoms with Gasteiger partial charge in [-0.15, -0.1) is 0 Å². The van der Waals surface area contributed by atoms with Gasteiger partial charge in [0.2, 0.25) is 10.0 Å². The number of halogens is 1. The van der Waals surface area contributed by atoms with Crippen LogP contribution in [0, 0.1) is 5.82 Å². The van der Waals surface area contributed by atoms with Crippen molar-refractivity contribution >= 4 is 10.0 Å². The standard InChI is InChI=1S/C15H23FN2O2S/c1-3-18(21(2,19)20)11-5-10-17-15-9-8-12-13(15)6-4-7-14(12)16/h4,6-7,15,17H,3,5,8-11H2,1-2H3. The molecule has 1 atom stereocenters. The summed E-state index contributed by atoms with van der Waals surface area (Å²) in [6, 6.07) is 5.41. The molecule has 2 rings (SSSR count). The van der Waals surface area contributed by atoms with E-state index in [9.17, 15) is 12.8 Å². The first-order valence-electron chi connectivity index (χ1n) is 7.39. The van der Waals surface area contributed by atoms with E-state index in [2.05, 4.69) is 5.32 Å². The lowest BCUT2D eigenvalue weighted by molar-refractivity contribution is 0.410. The van der Waals surface area contributed by atoms with Crippen molar-refractivity contribution in [3.05, 3.63) is 35.1 Å². The maximum atomic E-state index is 13.6. The molecule has 0 saturated carbocycles. The first-order valence-corrected chi connectivity index (χ1v) is 9.24. The van der Waals surface area contributed by atoms with Crippen LogP contribution in [-0.4, -0.2) is 38.6 Å². The summed E-state index contributed by atoms with van der Waals surface area (Å²) < 4.78 is 38.1. The van der Waals surface area contributed by atoms with Crippen molar-refractivity contribution in [2.45, 2.75) is 32.2 Å². The summed E-state index contributed by atoms with van der Waals surface area (Å²) in [7, 11) is -3.11. The highest BCUT2D eigenvalue weighted by Crippen LogP contribution is 2.32. The van der Waals surface area contributed by atoms with Gasteiger partial charge >= 0.3 is 0 Å². The summed E-state index contributed by atoms with van der Waals surface area (Å²) >= 11 is 0. The van der Waals surface area contributed by atoms with E-state index < -0.39 is 10.0 Å². The number of nitrogens with zero attached hydrogens (tertiary/aromatic N) is 1. The number of fused-ring (bicyclic) bond motifs is 1. The topological polar surface area (TPSA) is 49.4 Å². The van der Waals surface area contributed by atoms with E-state index >= 15 is 0 Å². The lowest BCUT2D eigenvalue weighted by atomic mass is 10.1. The molecule has 0 radical (unpaired) electrons. The molecule has 21 heavy (non-hydrogen) atoms. The van der Waals surface area contributed by atoms with Crippen LogP contribution in [0.1, 0.15) is 36.9 Å². The average molecular weight is 314 g/mol. The number of sulfonamides is 1. The number of nitrogens with one attached hydrogen (secondary N) is 1. The minimum atomic E-state index is -3.11. The normalized spacial score (nSPS) is 18.2. The molecule has 1 unspecified atom stereocenters. The zero-order valence-corrected chi connectivity index (χ0v) is 13.4. The zero-order valence-electron chi connectivity index (χ0n) is 12.6. The highest BCUT2D eigenvalue weighted by Gasteiger charge is 2.24. The Morgan fingerprint density at radius 3 is 2.86 bits per heavy atom. The molecule has 1 aliphatic rings. The third-order valence-electron chi connectivity index (χ3n) is 4.01. The van der Waals surface area contributed by atoms with E-state index in [1.807, 2.05) is 13.0 Å². The molecule has 1 aromatic rings. The number of hydrogen-bond donors (Lipinski definition) is 1. The zero-order chi connectivity index (χ0) is 15.5. The SMILES string of the molecule is CCN(CCCNC1CCc2c(F)cccc21)S(C)(=O)=O. The second-order valence-electron chi connectivity index (χ2n) is 5.46. The minimum Gasteiger partial charge on any atom is -0.310 e. The van der Waals surface area contributed by atoms with E-state index in [0.29, 0.717) is 13.1 Å². The van der Waals surface area contributed by atoms with Gasteiger partial charge in [-0.3, -0.25) is 0 Å². The van der Waals surface area contributed by atoms with E-state index in [4.69, 9.17) is 0 Å². The maximum absolute atomic E-state index is 13.6. The van der Waals surface area contributed by atoms with Crippen LogP contribution < -0.4 is 5.32 Å². The van der Waals surface area contributed by atoms with Crippen molar-refractivity contribution in [3.8, 4) is 0 Å². The Bertz CT molecular complexity index is 589. The Hall–Kier alpha value is -0.980. The van der Waals surface area contributed by atoms with Crippen LogP contribution in [0.2, 0.25) is 0 Å². The third kappa shape index (κ3) is 4.02. The largest absolute Gasteiger partial charge is 0.310 e. The van der Waals surface area contributed by atoms with Crippen molar-refractivity contribution in [1.82, 2.24) is 9.62 Å². The Labute approximate surface area is 126 Å². The van der Waals surface area contributed by atoms with E-state index in [1.165, 1.54) is 16.6 Å². The summed E-state index contributed by atoms with van der Waals surface area (Å²) in [5.41, 5.74) is 1.87. The molecule has 0 amide bonds. The molecule has 1 N–H and O–H groups in total. The van der Waals surface area contributed by atoms with E-state index in [-0.39, 0.29) is 11.9 Å². The first kappa shape index (κ1) is 16.4. The Balaban J connectivity index is 1.83. The fraction of sp³-hybridized carbons (Fsp3) is 0.600. The summed E-state index contributed by atoms with van der Waals surface area (Å²) in [6.45, 7) is 3.58. The van der Waals surface area contributed by atoms with Crippen LogP contribution in [0.15, 0.2) is 18.2 Å². The van der Waals surface area contributed by atoms with Gasteiger partial charge in [-0.2, -0.15) is 0 Å². The molecular weight excluding hydrogens is 291 g/mol. The lowest BCUT2D eigenvalue weighted by Crippen LogP contribution is -2.32. The van der Waals surface area contributed by atoms with E-state index in [0.717, 1.165) is 36.9 Å². The van der Waals surface area contributed by atoms with Crippen LogP contribution in [0.5, 0.6) is 0 Å². The average Bonchev–Trinajstić information content (AvgIpc) is 2.82. The quantitative estimate of drug-likeness (QED) is 0.784. The molecule has 4 nitrogen and oxygen atoms in total. The van der Waals surface area contributed by atoms with Crippen molar-refractivity contribution in [2.75, 3.05) is 25.9 Å². The first-order chi connectivity index (χ1) is 9.93. The van der Waals surface area contributed by atoms with Crippen molar-refractivity contribution in [2.24, 2.45) is 0 Å². The van der Waals surface area contributed by atoms with Crippen molar-refractivity contribution in [1.29, 1.82) is 0 Å². The second kappa shape index (κ2) is 6.85. The van der Waals surface area contributed by atoms with E-state index in [1.54, 1.807) is 6.07 Å². The molecule has 0 fully saturated rings. The van der Waals surface area contributed by atoms with Crippen LogP contribution in [0.3, 0.4) is 0 Å². The molecule has 118 valence electrons. The van der Waals surface area contributed by atoms with Crippen molar-refractivity contribution < 1.29 is 12.8 Å². The van der Waals surface area contributed by atoms with Gasteiger partial charge in [-0.05, 0) is 43.0 Å². The van der Waals surface area contributed by atoms with Gasteiger partial charge in [0.25, 0.3) is 0 Å². The Morgan fingerprint density at radius 2 is 2.19 bits per heavy atom. The molecule has 1 aromatic carbocycles. The molecule has 0 saturated heterocycles. The second-order valence-corrected chi connectivity index (χ2v) is 7.44. The van der Waals surface area contributed by atoms with Crippen LogP contribution in [0.4, 0.5) is 4.39 Å². The predicted octanol–water partition coefficient (Wildman–Crippen LogP) is 2.07. The number of benzene rings is 1. The minimum absolute atomic E-state index is 0.119. The Kier molecular flexibility index (Phi) is 5.35. The van der Waals surface area contributed by atoms with Gasteiger partial charge in [-0.25, -0.2) is 17.1 Å². The number of hydrogen-bond acceptors (Lipinski definition) is 3. The molecule has 0 bridgehead atoms. The third-order valence-corrected chi connectivity index (χ3v) is 5.39. The smallest absolute Gasteiger partial charge is 0.211 e. The van der Waals surface area contributed by atoms with Gasteiger partial charge in [0.05, 0.1) is 6.26 Å². The summed E-state index contributed by atoms with van der Waals surface area (Å²) in [5, 5.41) is 3.41. The molecule has 0 heterocycles. The Morgan fingerprint density at radius 1 is 1.43 bits per heavy atom. The summed E-state index contributed by atoms with van der Waals surface area (Å²) in [6.07, 6.45) is 3.66. The molecule has 0 spiro atoms. The summed E-state index contributed by atoms with van der Waals surface area (Å²) in [4.78, 5) is 0. The fourth-order valence-electron chi connectivity index (χ4n) is 2.91. The monoisotopic (exact) mass is 314 g/mol. The van der Waals surface area contributed by atoms with Gasteiger partial charge in [0.15, 0.2) is 0 Å². The summed E-state index contributed by atoms with van der Waals surface area (Å²) in [5.74, 6) is -0.119. The van der Waals surface area contributed by atoms with Crippen LogP contribution in [0.25, 0.3) is 0 Å². The highest BCUT2D eigenvalue weighted by molar-refractivity contribution is 7.88. The number of rotatable bonds is 7. The van der Waals surface area contributed by atoms with Crippen LogP contribution >= 0.6 is 0 Å². The van der Waals surface area contributed by atoms with Crippen LogP contribution in [-0.2, 0) is 16.4 Å². The van der Waals surface area contributed by atoms with Gasteiger partial charge in [0.1, 0.15) is 5.82 Å². The van der Waals surface area contributed by atoms with Gasteiger partial charge in [-0.1, -0.05) is 19.1 Å². The van der Waals surface area contributed by atoms with Crippen molar-refractivity contribution in [3.63, 3.8) is 0 Å². The molecular formula is C15H23FN2O2S. The fourth-order valence-corrected chi connectivity index (χ4v) is 3.84. The predicted molar refractivity (Wildman–Crippen MR) is 82.2 cm³/mol. The molecule has 0 aromatic heterocycles. The molecule has 1 aliphatic carbocycles. The highest BCUT2D eigenvalue weighted by atomic mass is 32.2. The molecule has 6 heteroatoms.